The fraction of sp³-hybridized carbons (Fsp3) is 0.444. The number of benzene rings is 2. The fourth-order valence-electron chi connectivity index (χ4n) is 5.65. The Morgan fingerprint density at radius 2 is 1.74 bits per heavy atom. The summed E-state index contributed by atoms with van der Waals surface area (Å²) in [5.74, 6) is 2.42. The number of H-pyrrole nitrogens is 1. The minimum Gasteiger partial charge on any atom is -0.496 e. The van der Waals surface area contributed by atoms with E-state index in [0.29, 0.717) is 36.1 Å². The fourth-order valence-corrected chi connectivity index (χ4v) is 5.65. The lowest BCUT2D eigenvalue weighted by atomic mass is 9.86. The van der Waals surface area contributed by atoms with E-state index in [4.69, 9.17) is 14.2 Å². The first-order chi connectivity index (χ1) is 16.6. The van der Waals surface area contributed by atoms with Gasteiger partial charge in [-0.25, -0.2) is 0 Å². The van der Waals surface area contributed by atoms with Gasteiger partial charge in [0.2, 0.25) is 5.91 Å². The average Bonchev–Trinajstić information content (AvgIpc) is 3.54. The van der Waals surface area contributed by atoms with Crippen LogP contribution in [-0.4, -0.2) is 38.3 Å². The van der Waals surface area contributed by atoms with Crippen molar-refractivity contribution in [2.24, 2.45) is 5.92 Å². The zero-order valence-corrected chi connectivity index (χ0v) is 20.1. The molecule has 0 unspecified atom stereocenters. The Labute approximate surface area is 200 Å². The number of ether oxygens (including phenoxy) is 3. The molecule has 0 bridgehead atoms. The van der Waals surface area contributed by atoms with Crippen molar-refractivity contribution >= 4 is 16.8 Å². The van der Waals surface area contributed by atoms with Crippen LogP contribution in [0.15, 0.2) is 36.4 Å². The summed E-state index contributed by atoms with van der Waals surface area (Å²) in [6, 6.07) is 11.9. The van der Waals surface area contributed by atoms with E-state index in [2.05, 4.69) is 39.9 Å². The number of carbonyl (C=O) groups excluding carboxylic acids is 1. The molecule has 0 radical (unpaired) electrons. The van der Waals surface area contributed by atoms with E-state index in [1.165, 1.54) is 42.3 Å². The second kappa shape index (κ2) is 9.58. The number of aromatic nitrogens is 1. The van der Waals surface area contributed by atoms with Crippen molar-refractivity contribution in [3.8, 4) is 17.2 Å². The Morgan fingerprint density at radius 1 is 1.03 bits per heavy atom. The van der Waals surface area contributed by atoms with Crippen LogP contribution < -0.4 is 24.8 Å². The summed E-state index contributed by atoms with van der Waals surface area (Å²) in [7, 11) is 4.81. The Kier molecular flexibility index (Phi) is 6.37. The van der Waals surface area contributed by atoms with Crippen LogP contribution in [0.4, 0.5) is 0 Å². The van der Waals surface area contributed by atoms with Crippen molar-refractivity contribution < 1.29 is 19.0 Å². The molecule has 34 heavy (non-hydrogen) atoms. The molecule has 2 atom stereocenters. The molecular formula is C27H33N3O4. The molecule has 1 aliphatic heterocycles. The first-order valence-electron chi connectivity index (χ1n) is 12.0. The van der Waals surface area contributed by atoms with Crippen LogP contribution in [-0.2, 0) is 17.8 Å². The summed E-state index contributed by atoms with van der Waals surface area (Å²) in [4.78, 5) is 17.1. The molecule has 0 spiro atoms. The van der Waals surface area contributed by atoms with Crippen LogP contribution in [0.1, 0.15) is 48.5 Å². The third-order valence-electron chi connectivity index (χ3n) is 7.39. The van der Waals surface area contributed by atoms with E-state index < -0.39 is 0 Å². The number of aromatic amines is 1. The van der Waals surface area contributed by atoms with Crippen LogP contribution in [0.25, 0.3) is 10.9 Å². The number of hydrogen-bond acceptors (Lipinski definition) is 5. The molecule has 3 aromatic rings. The second-order valence-corrected chi connectivity index (χ2v) is 9.24. The molecule has 3 N–H and O–H groups in total. The number of amides is 1. The van der Waals surface area contributed by atoms with Gasteiger partial charge in [-0.3, -0.25) is 10.1 Å². The molecule has 7 nitrogen and oxygen atoms in total. The van der Waals surface area contributed by atoms with Crippen LogP contribution in [0.2, 0.25) is 0 Å². The maximum absolute atomic E-state index is 13.4. The van der Waals surface area contributed by atoms with Gasteiger partial charge in [0.1, 0.15) is 17.2 Å². The van der Waals surface area contributed by atoms with E-state index in [1.807, 2.05) is 0 Å². The summed E-state index contributed by atoms with van der Waals surface area (Å²) in [6.45, 7) is 0.308. The minimum atomic E-state index is -0.299. The summed E-state index contributed by atoms with van der Waals surface area (Å²) in [5, 5.41) is 8.04. The van der Waals surface area contributed by atoms with Gasteiger partial charge in [-0.15, -0.1) is 0 Å². The van der Waals surface area contributed by atoms with E-state index in [9.17, 15) is 4.79 Å². The van der Waals surface area contributed by atoms with Crippen molar-refractivity contribution in [3.63, 3.8) is 0 Å². The zero-order valence-electron chi connectivity index (χ0n) is 20.1. The molecule has 2 heterocycles. The normalized spacial score (nSPS) is 20.2. The number of hydrogen-bond donors (Lipinski definition) is 3. The first-order valence-corrected chi connectivity index (χ1v) is 12.0. The van der Waals surface area contributed by atoms with Gasteiger partial charge in [0.05, 0.1) is 45.5 Å². The third-order valence-corrected chi connectivity index (χ3v) is 7.39. The van der Waals surface area contributed by atoms with Crippen LogP contribution in [0, 0.1) is 5.92 Å². The summed E-state index contributed by atoms with van der Waals surface area (Å²) in [6.07, 6.45) is 5.56. The number of para-hydroxylation sites is 1. The van der Waals surface area contributed by atoms with Gasteiger partial charge in [-0.1, -0.05) is 31.0 Å². The highest BCUT2D eigenvalue weighted by atomic mass is 16.5. The number of rotatable bonds is 7. The van der Waals surface area contributed by atoms with Gasteiger partial charge in [-0.05, 0) is 36.8 Å². The lowest BCUT2D eigenvalue weighted by Gasteiger charge is -2.34. The smallest absolute Gasteiger partial charge is 0.237 e. The van der Waals surface area contributed by atoms with Crippen molar-refractivity contribution in [2.75, 3.05) is 21.3 Å². The SMILES string of the molecule is COc1cc(OC)c(CNC(=O)[C@H]2Cc3c([nH]c4ccccc34)[C@H](C3CCCC3)N2)c(OC)c1. The average molecular weight is 464 g/mol. The van der Waals surface area contributed by atoms with Crippen molar-refractivity contribution in [1.82, 2.24) is 15.6 Å². The molecule has 2 aromatic carbocycles. The molecule has 5 rings (SSSR count). The van der Waals surface area contributed by atoms with E-state index in [1.54, 1.807) is 33.5 Å². The van der Waals surface area contributed by atoms with Gasteiger partial charge in [0.15, 0.2) is 0 Å². The van der Waals surface area contributed by atoms with Crippen molar-refractivity contribution in [1.29, 1.82) is 0 Å². The molecule has 1 saturated carbocycles. The molecule has 0 saturated heterocycles. The van der Waals surface area contributed by atoms with Crippen LogP contribution in [0.5, 0.6) is 17.2 Å². The Bertz CT molecular complexity index is 1160. The Hall–Kier alpha value is -3.19. The molecule has 1 aliphatic carbocycles. The predicted octanol–water partition coefficient (Wildman–Crippen LogP) is 4.26. The minimum absolute atomic E-state index is 0.0150. The molecular weight excluding hydrogens is 430 g/mol. The summed E-state index contributed by atoms with van der Waals surface area (Å²) < 4.78 is 16.4. The first kappa shape index (κ1) is 22.6. The van der Waals surface area contributed by atoms with Gasteiger partial charge in [0.25, 0.3) is 0 Å². The highest BCUT2D eigenvalue weighted by Gasteiger charge is 2.37. The molecule has 180 valence electrons. The van der Waals surface area contributed by atoms with Crippen molar-refractivity contribution in [2.45, 2.75) is 50.7 Å². The lowest BCUT2D eigenvalue weighted by molar-refractivity contribution is -0.123. The standard InChI is InChI=1S/C27H33N3O4/c1-32-17-12-23(33-2)20(24(13-17)34-3)15-28-27(31)22-14-19-18-10-6-7-11-21(18)29-26(19)25(30-22)16-8-4-5-9-16/h6-7,10-13,16,22,25,29-30H,4-5,8-9,14-15H2,1-3H3,(H,28,31)/t22-,25+/m1/s1. The topological polar surface area (TPSA) is 84.6 Å². The quantitative estimate of drug-likeness (QED) is 0.488. The van der Waals surface area contributed by atoms with Gasteiger partial charge >= 0.3 is 0 Å². The number of carbonyl (C=O) groups is 1. The third kappa shape index (κ3) is 4.09. The maximum atomic E-state index is 13.4. The highest BCUT2D eigenvalue weighted by Crippen LogP contribution is 2.41. The summed E-state index contributed by atoms with van der Waals surface area (Å²) >= 11 is 0. The molecule has 1 amide bonds. The van der Waals surface area contributed by atoms with Crippen LogP contribution >= 0.6 is 0 Å². The molecule has 7 heteroatoms. The summed E-state index contributed by atoms with van der Waals surface area (Å²) in [5.41, 5.74) is 4.46. The Balaban J connectivity index is 1.40. The monoisotopic (exact) mass is 463 g/mol. The number of methoxy groups -OCH3 is 3. The number of fused-ring (bicyclic) bond motifs is 3. The van der Waals surface area contributed by atoms with Gasteiger partial charge in [-0.2, -0.15) is 0 Å². The van der Waals surface area contributed by atoms with Crippen molar-refractivity contribution in [3.05, 3.63) is 53.2 Å². The van der Waals surface area contributed by atoms with Gasteiger partial charge < -0.3 is 24.5 Å². The van der Waals surface area contributed by atoms with Gasteiger partial charge in [0, 0.05) is 28.7 Å². The highest BCUT2D eigenvalue weighted by molar-refractivity contribution is 5.88. The predicted molar refractivity (Wildman–Crippen MR) is 132 cm³/mol. The van der Waals surface area contributed by atoms with E-state index in [0.717, 1.165) is 11.1 Å². The zero-order chi connectivity index (χ0) is 23.7. The van der Waals surface area contributed by atoms with Crippen LogP contribution in [0.3, 0.4) is 0 Å². The van der Waals surface area contributed by atoms with E-state index in [-0.39, 0.29) is 18.0 Å². The maximum Gasteiger partial charge on any atom is 0.237 e. The molecule has 1 aromatic heterocycles. The Morgan fingerprint density at radius 3 is 2.41 bits per heavy atom. The van der Waals surface area contributed by atoms with E-state index >= 15 is 0 Å². The molecule has 1 fully saturated rings. The largest absolute Gasteiger partial charge is 0.496 e. The second-order valence-electron chi connectivity index (χ2n) is 9.24. The lowest BCUT2D eigenvalue weighted by Crippen LogP contribution is -2.50. The molecule has 2 aliphatic rings. The number of nitrogens with one attached hydrogen (secondary N) is 3.